The molecule has 0 aliphatic carbocycles. The van der Waals surface area contributed by atoms with Crippen molar-refractivity contribution in [1.29, 1.82) is 0 Å². The maximum Gasteiger partial charge on any atom is 0.170 e. The lowest BCUT2D eigenvalue weighted by atomic mass is 9.99. The molecule has 2 atom stereocenters. The van der Waals surface area contributed by atoms with Gasteiger partial charge in [-0.3, -0.25) is 4.98 Å². The number of aryl methyl sites for hydroxylation is 1. The van der Waals surface area contributed by atoms with Crippen LogP contribution in [0.3, 0.4) is 0 Å². The summed E-state index contributed by atoms with van der Waals surface area (Å²) in [6.45, 7) is 1.59. The average Bonchev–Trinajstić information content (AvgIpc) is 3.12. The Morgan fingerprint density at radius 2 is 2.22 bits per heavy atom. The highest BCUT2D eigenvalue weighted by molar-refractivity contribution is 7.80. The molecule has 0 amide bonds. The fourth-order valence-corrected chi connectivity index (χ4v) is 3.42. The summed E-state index contributed by atoms with van der Waals surface area (Å²) in [5, 5.41) is 4.23. The van der Waals surface area contributed by atoms with Crippen LogP contribution in [0, 0.1) is 0 Å². The maximum absolute atomic E-state index is 5.59. The Hall–Kier alpha value is -1.92. The Morgan fingerprint density at radius 3 is 2.87 bits per heavy atom. The van der Waals surface area contributed by atoms with Crippen LogP contribution >= 0.6 is 12.2 Å². The third kappa shape index (κ3) is 3.38. The van der Waals surface area contributed by atoms with Gasteiger partial charge in [0, 0.05) is 45.9 Å². The van der Waals surface area contributed by atoms with E-state index in [-0.39, 0.29) is 12.1 Å². The van der Waals surface area contributed by atoms with E-state index in [2.05, 4.69) is 44.3 Å². The Morgan fingerprint density at radius 1 is 1.35 bits per heavy atom. The van der Waals surface area contributed by atoms with E-state index in [1.807, 2.05) is 25.4 Å². The van der Waals surface area contributed by atoms with Crippen LogP contribution in [-0.4, -0.2) is 39.8 Å². The van der Waals surface area contributed by atoms with Crippen molar-refractivity contribution in [2.45, 2.75) is 18.5 Å². The topological polar surface area (TPSA) is 42.3 Å². The fraction of sp³-hybridized carbons (Fsp3) is 0.412. The number of thiocarbonyl (C=S) groups is 1. The van der Waals surface area contributed by atoms with Crippen molar-refractivity contribution in [3.05, 3.63) is 54.1 Å². The molecular formula is C17H22N4OS. The smallest absolute Gasteiger partial charge is 0.170 e. The molecule has 0 aromatic carbocycles. The second-order valence-corrected chi connectivity index (χ2v) is 6.16. The number of pyridine rings is 1. The summed E-state index contributed by atoms with van der Waals surface area (Å²) < 4.78 is 7.26. The van der Waals surface area contributed by atoms with Crippen LogP contribution in [0.1, 0.15) is 29.8 Å². The number of methoxy groups -OCH3 is 1. The quantitative estimate of drug-likeness (QED) is 0.651. The Balaban J connectivity index is 1.91. The zero-order chi connectivity index (χ0) is 16.2. The zero-order valence-electron chi connectivity index (χ0n) is 13.5. The van der Waals surface area contributed by atoms with Crippen LogP contribution < -0.4 is 5.32 Å². The van der Waals surface area contributed by atoms with Gasteiger partial charge in [0.25, 0.3) is 0 Å². The van der Waals surface area contributed by atoms with E-state index in [9.17, 15) is 0 Å². The molecule has 6 heteroatoms. The van der Waals surface area contributed by atoms with Gasteiger partial charge >= 0.3 is 0 Å². The number of hydrogen-bond donors (Lipinski definition) is 1. The van der Waals surface area contributed by atoms with Gasteiger partial charge < -0.3 is 19.5 Å². The highest BCUT2D eigenvalue weighted by Crippen LogP contribution is 2.38. The van der Waals surface area contributed by atoms with Crippen LogP contribution in [0.2, 0.25) is 0 Å². The van der Waals surface area contributed by atoms with Crippen LogP contribution in [-0.2, 0) is 11.8 Å². The molecule has 0 unspecified atom stereocenters. The van der Waals surface area contributed by atoms with E-state index in [0.717, 1.165) is 30.4 Å². The molecule has 3 heterocycles. The Labute approximate surface area is 142 Å². The first-order chi connectivity index (χ1) is 11.2. The van der Waals surface area contributed by atoms with Crippen molar-refractivity contribution >= 4 is 17.3 Å². The highest BCUT2D eigenvalue weighted by Gasteiger charge is 2.39. The number of aromatic nitrogens is 2. The highest BCUT2D eigenvalue weighted by atomic mass is 32.1. The Bertz CT molecular complexity index is 658. The SMILES string of the molecule is COCCCN1C(=S)N[C@@H](c2ccccn2)[C@@H]1c1ccn(C)c1. The number of rotatable bonds is 6. The van der Waals surface area contributed by atoms with Gasteiger partial charge in [0.15, 0.2) is 5.11 Å². The van der Waals surface area contributed by atoms with E-state index in [1.165, 1.54) is 5.56 Å². The predicted octanol–water partition coefficient (Wildman–Crippen LogP) is 2.43. The molecule has 5 nitrogen and oxygen atoms in total. The van der Waals surface area contributed by atoms with Crippen LogP contribution in [0.25, 0.3) is 0 Å². The zero-order valence-corrected chi connectivity index (χ0v) is 14.3. The molecule has 1 fully saturated rings. The van der Waals surface area contributed by atoms with Gasteiger partial charge in [0.05, 0.1) is 17.8 Å². The van der Waals surface area contributed by atoms with E-state index in [4.69, 9.17) is 17.0 Å². The van der Waals surface area contributed by atoms with E-state index in [1.54, 1.807) is 7.11 Å². The minimum absolute atomic E-state index is 0.0636. The van der Waals surface area contributed by atoms with Crippen molar-refractivity contribution in [3.63, 3.8) is 0 Å². The van der Waals surface area contributed by atoms with E-state index in [0.29, 0.717) is 0 Å². The second-order valence-electron chi connectivity index (χ2n) is 5.78. The van der Waals surface area contributed by atoms with Gasteiger partial charge in [0.1, 0.15) is 0 Å². The van der Waals surface area contributed by atoms with Crippen molar-refractivity contribution < 1.29 is 4.74 Å². The van der Waals surface area contributed by atoms with Crippen molar-refractivity contribution in [2.75, 3.05) is 20.3 Å². The van der Waals surface area contributed by atoms with Gasteiger partial charge in [-0.1, -0.05) is 6.07 Å². The second kappa shape index (κ2) is 7.10. The maximum atomic E-state index is 5.59. The third-order valence-corrected chi connectivity index (χ3v) is 4.49. The molecule has 1 N–H and O–H groups in total. The lowest BCUT2D eigenvalue weighted by Gasteiger charge is -2.27. The molecule has 1 aliphatic rings. The lowest BCUT2D eigenvalue weighted by Crippen LogP contribution is -2.31. The summed E-state index contributed by atoms with van der Waals surface area (Å²) in [5.74, 6) is 0. The first kappa shape index (κ1) is 16.0. The van der Waals surface area contributed by atoms with Gasteiger partial charge in [-0.15, -0.1) is 0 Å². The Kier molecular flexibility index (Phi) is 4.93. The molecule has 2 aromatic heterocycles. The molecular weight excluding hydrogens is 308 g/mol. The summed E-state index contributed by atoms with van der Waals surface area (Å²) in [4.78, 5) is 6.78. The van der Waals surface area contributed by atoms with Gasteiger partial charge in [0.2, 0.25) is 0 Å². The molecule has 1 saturated heterocycles. The lowest BCUT2D eigenvalue weighted by molar-refractivity contribution is 0.180. The molecule has 0 bridgehead atoms. The van der Waals surface area contributed by atoms with Gasteiger partial charge in [-0.25, -0.2) is 0 Å². The third-order valence-electron chi connectivity index (χ3n) is 4.14. The molecule has 0 spiro atoms. The van der Waals surface area contributed by atoms with E-state index >= 15 is 0 Å². The molecule has 2 aromatic rings. The first-order valence-corrected chi connectivity index (χ1v) is 8.20. The minimum Gasteiger partial charge on any atom is -0.385 e. The summed E-state index contributed by atoms with van der Waals surface area (Å²) in [6.07, 6.45) is 6.99. The van der Waals surface area contributed by atoms with Crippen LogP contribution in [0.15, 0.2) is 42.9 Å². The fourth-order valence-electron chi connectivity index (χ4n) is 3.09. The standard InChI is InChI=1S/C17H22N4OS/c1-20-10-7-13(12-20)16-15(14-6-3-4-8-18-14)19-17(23)21(16)9-5-11-22-2/h3-4,6-8,10,12,15-16H,5,9,11H2,1-2H3,(H,19,23)/t15-,16-/m0/s1. The van der Waals surface area contributed by atoms with Gasteiger partial charge in [-0.05, 0) is 42.4 Å². The summed E-state index contributed by atoms with van der Waals surface area (Å²) >= 11 is 5.59. The number of nitrogens with zero attached hydrogens (tertiary/aromatic N) is 3. The summed E-state index contributed by atoms with van der Waals surface area (Å²) in [7, 11) is 3.77. The minimum atomic E-state index is 0.0636. The molecule has 122 valence electrons. The van der Waals surface area contributed by atoms with Crippen LogP contribution in [0.5, 0.6) is 0 Å². The predicted molar refractivity (Wildman–Crippen MR) is 94.1 cm³/mol. The van der Waals surface area contributed by atoms with Crippen LogP contribution in [0.4, 0.5) is 0 Å². The number of ether oxygens (including phenoxy) is 1. The molecule has 0 radical (unpaired) electrons. The van der Waals surface area contributed by atoms with Gasteiger partial charge in [-0.2, -0.15) is 0 Å². The molecule has 1 aliphatic heterocycles. The monoisotopic (exact) mass is 330 g/mol. The average molecular weight is 330 g/mol. The van der Waals surface area contributed by atoms with Crippen molar-refractivity contribution in [3.8, 4) is 0 Å². The van der Waals surface area contributed by atoms with Crippen molar-refractivity contribution in [2.24, 2.45) is 7.05 Å². The first-order valence-electron chi connectivity index (χ1n) is 7.79. The number of hydrogen-bond acceptors (Lipinski definition) is 3. The summed E-state index contributed by atoms with van der Waals surface area (Å²) in [5.41, 5.74) is 2.26. The summed E-state index contributed by atoms with van der Waals surface area (Å²) in [6, 6.07) is 8.37. The van der Waals surface area contributed by atoms with Crippen molar-refractivity contribution in [1.82, 2.24) is 19.8 Å². The largest absolute Gasteiger partial charge is 0.385 e. The molecule has 23 heavy (non-hydrogen) atoms. The van der Waals surface area contributed by atoms with E-state index < -0.39 is 0 Å². The number of nitrogens with one attached hydrogen (secondary N) is 1. The molecule has 3 rings (SSSR count). The molecule has 0 saturated carbocycles. The normalized spacial score (nSPS) is 20.8.